The van der Waals surface area contributed by atoms with E-state index in [0.29, 0.717) is 32.3 Å². The quantitative estimate of drug-likeness (QED) is 0.461. The number of halogens is 2. The first-order valence-corrected chi connectivity index (χ1v) is 9.43. The van der Waals surface area contributed by atoms with Gasteiger partial charge in [-0.3, -0.25) is 4.99 Å². The van der Waals surface area contributed by atoms with Crippen molar-refractivity contribution >= 4 is 5.96 Å². The summed E-state index contributed by atoms with van der Waals surface area (Å²) < 4.78 is 40.6. The normalized spacial score (nSPS) is 11.3. The SMILES string of the molecule is CCOc1ccccc1CNC(=NC)NCc1ccc(OC(F)F)c(OCC)c1. The molecule has 6 nitrogen and oxygen atoms in total. The molecule has 0 radical (unpaired) electrons. The van der Waals surface area contributed by atoms with Gasteiger partial charge in [0, 0.05) is 25.7 Å². The van der Waals surface area contributed by atoms with Gasteiger partial charge in [-0.05, 0) is 37.6 Å². The molecule has 0 saturated heterocycles. The standard InChI is InChI=1S/C21H27F2N3O3/c1-4-27-17-9-7-6-8-16(17)14-26-21(24-3)25-13-15-10-11-18(29-20(22)23)19(12-15)28-5-2/h6-12,20H,4-5,13-14H2,1-3H3,(H2,24,25,26). The highest BCUT2D eigenvalue weighted by molar-refractivity contribution is 5.79. The van der Waals surface area contributed by atoms with E-state index in [-0.39, 0.29) is 11.5 Å². The Labute approximate surface area is 169 Å². The van der Waals surface area contributed by atoms with E-state index in [1.54, 1.807) is 26.1 Å². The molecule has 0 spiro atoms. The maximum atomic E-state index is 12.5. The summed E-state index contributed by atoms with van der Waals surface area (Å²) in [6.07, 6.45) is 0. The molecule has 2 N–H and O–H groups in total. The molecular weight excluding hydrogens is 380 g/mol. The highest BCUT2D eigenvalue weighted by Crippen LogP contribution is 2.29. The molecular formula is C21H27F2N3O3. The van der Waals surface area contributed by atoms with Crippen LogP contribution in [0.5, 0.6) is 17.2 Å². The Morgan fingerprint density at radius 3 is 2.31 bits per heavy atom. The van der Waals surface area contributed by atoms with Gasteiger partial charge in [0.1, 0.15) is 5.75 Å². The minimum Gasteiger partial charge on any atom is -0.494 e. The van der Waals surface area contributed by atoms with Crippen molar-refractivity contribution in [3.63, 3.8) is 0 Å². The number of aliphatic imine (C=N–C) groups is 1. The molecule has 0 bridgehead atoms. The van der Waals surface area contributed by atoms with Crippen LogP contribution in [0.4, 0.5) is 8.78 Å². The predicted octanol–water partition coefficient (Wildman–Crippen LogP) is 3.95. The van der Waals surface area contributed by atoms with Crippen LogP contribution in [-0.4, -0.2) is 32.8 Å². The molecule has 8 heteroatoms. The molecule has 0 fully saturated rings. The van der Waals surface area contributed by atoms with Gasteiger partial charge in [-0.25, -0.2) is 0 Å². The third kappa shape index (κ3) is 7.14. The summed E-state index contributed by atoms with van der Waals surface area (Å²) in [4.78, 5) is 4.21. The smallest absolute Gasteiger partial charge is 0.387 e. The summed E-state index contributed by atoms with van der Waals surface area (Å²) in [6, 6.07) is 12.6. The molecule has 0 heterocycles. The molecule has 2 aromatic carbocycles. The molecule has 0 unspecified atom stereocenters. The summed E-state index contributed by atoms with van der Waals surface area (Å²) in [6.45, 7) is 2.74. The van der Waals surface area contributed by atoms with Gasteiger partial charge in [0.2, 0.25) is 0 Å². The van der Waals surface area contributed by atoms with E-state index in [9.17, 15) is 8.78 Å². The molecule has 0 saturated carbocycles. The third-order valence-electron chi connectivity index (χ3n) is 3.93. The molecule has 0 aliphatic carbocycles. The number of para-hydroxylation sites is 1. The molecule has 0 atom stereocenters. The summed E-state index contributed by atoms with van der Waals surface area (Å²) in [5, 5.41) is 6.43. The highest BCUT2D eigenvalue weighted by Gasteiger charge is 2.12. The zero-order chi connectivity index (χ0) is 21.1. The van der Waals surface area contributed by atoms with Crippen LogP contribution in [0.25, 0.3) is 0 Å². The van der Waals surface area contributed by atoms with E-state index in [1.165, 1.54) is 6.07 Å². The summed E-state index contributed by atoms with van der Waals surface area (Å²) in [7, 11) is 1.68. The number of ether oxygens (including phenoxy) is 3. The van der Waals surface area contributed by atoms with Gasteiger partial charge in [0.25, 0.3) is 0 Å². The predicted molar refractivity (Wildman–Crippen MR) is 109 cm³/mol. The van der Waals surface area contributed by atoms with E-state index < -0.39 is 6.61 Å². The van der Waals surface area contributed by atoms with Crippen molar-refractivity contribution in [2.45, 2.75) is 33.5 Å². The van der Waals surface area contributed by atoms with Crippen molar-refractivity contribution in [3.8, 4) is 17.2 Å². The highest BCUT2D eigenvalue weighted by atomic mass is 19.3. The lowest BCUT2D eigenvalue weighted by atomic mass is 10.2. The second-order valence-electron chi connectivity index (χ2n) is 5.91. The number of benzene rings is 2. The Hall–Kier alpha value is -3.03. The Balaban J connectivity index is 1.97. The zero-order valence-electron chi connectivity index (χ0n) is 16.9. The Morgan fingerprint density at radius 2 is 1.62 bits per heavy atom. The largest absolute Gasteiger partial charge is 0.494 e. The van der Waals surface area contributed by atoms with Crippen molar-refractivity contribution in [1.29, 1.82) is 0 Å². The van der Waals surface area contributed by atoms with Crippen LogP contribution in [0.1, 0.15) is 25.0 Å². The summed E-state index contributed by atoms with van der Waals surface area (Å²) in [5.74, 6) is 1.72. The van der Waals surface area contributed by atoms with Gasteiger partial charge >= 0.3 is 6.61 Å². The van der Waals surface area contributed by atoms with Crippen LogP contribution >= 0.6 is 0 Å². The molecule has 2 aromatic rings. The van der Waals surface area contributed by atoms with E-state index in [0.717, 1.165) is 16.9 Å². The lowest BCUT2D eigenvalue weighted by molar-refractivity contribution is -0.0514. The van der Waals surface area contributed by atoms with E-state index in [4.69, 9.17) is 9.47 Å². The number of hydrogen-bond donors (Lipinski definition) is 2. The minimum absolute atomic E-state index is 0.0145. The molecule has 0 amide bonds. The molecule has 158 valence electrons. The lowest BCUT2D eigenvalue weighted by Gasteiger charge is -2.16. The van der Waals surface area contributed by atoms with Crippen LogP contribution < -0.4 is 24.8 Å². The van der Waals surface area contributed by atoms with E-state index in [1.807, 2.05) is 31.2 Å². The fourth-order valence-electron chi connectivity index (χ4n) is 2.66. The Bertz CT molecular complexity index is 800. The van der Waals surface area contributed by atoms with E-state index >= 15 is 0 Å². The Kier molecular flexibility index (Phi) is 9.01. The average Bonchev–Trinajstić information content (AvgIpc) is 2.71. The van der Waals surface area contributed by atoms with Crippen molar-refractivity contribution in [3.05, 3.63) is 53.6 Å². The van der Waals surface area contributed by atoms with Gasteiger partial charge < -0.3 is 24.8 Å². The molecule has 0 aliphatic rings. The lowest BCUT2D eigenvalue weighted by Crippen LogP contribution is -2.36. The molecule has 0 aliphatic heterocycles. The van der Waals surface area contributed by atoms with Crippen LogP contribution in [0.3, 0.4) is 0 Å². The maximum Gasteiger partial charge on any atom is 0.387 e. The topological polar surface area (TPSA) is 64.1 Å². The number of rotatable bonds is 10. The summed E-state index contributed by atoms with van der Waals surface area (Å²) >= 11 is 0. The van der Waals surface area contributed by atoms with Crippen LogP contribution in [0.15, 0.2) is 47.5 Å². The monoisotopic (exact) mass is 407 g/mol. The maximum absolute atomic E-state index is 12.5. The van der Waals surface area contributed by atoms with Gasteiger partial charge in [-0.15, -0.1) is 0 Å². The van der Waals surface area contributed by atoms with Crippen molar-refractivity contribution < 1.29 is 23.0 Å². The first-order chi connectivity index (χ1) is 14.1. The molecule has 29 heavy (non-hydrogen) atoms. The van der Waals surface area contributed by atoms with Crippen LogP contribution in [0.2, 0.25) is 0 Å². The minimum atomic E-state index is -2.90. The molecule has 0 aromatic heterocycles. The number of guanidine groups is 1. The number of nitrogens with one attached hydrogen (secondary N) is 2. The van der Waals surface area contributed by atoms with E-state index in [2.05, 4.69) is 20.4 Å². The second kappa shape index (κ2) is 11.7. The first kappa shape index (κ1) is 22.3. The van der Waals surface area contributed by atoms with Crippen molar-refractivity contribution in [2.24, 2.45) is 4.99 Å². The van der Waals surface area contributed by atoms with Crippen molar-refractivity contribution in [1.82, 2.24) is 10.6 Å². The molecule has 2 rings (SSSR count). The zero-order valence-corrected chi connectivity index (χ0v) is 16.9. The van der Waals surface area contributed by atoms with Crippen molar-refractivity contribution in [2.75, 3.05) is 20.3 Å². The fraction of sp³-hybridized carbons (Fsp3) is 0.381. The van der Waals surface area contributed by atoms with Gasteiger partial charge in [-0.1, -0.05) is 24.3 Å². The average molecular weight is 407 g/mol. The van der Waals surface area contributed by atoms with Gasteiger partial charge in [-0.2, -0.15) is 8.78 Å². The van der Waals surface area contributed by atoms with Gasteiger partial charge in [0.15, 0.2) is 17.5 Å². The Morgan fingerprint density at radius 1 is 0.931 bits per heavy atom. The second-order valence-corrected chi connectivity index (χ2v) is 5.91. The van der Waals surface area contributed by atoms with Crippen LogP contribution in [0, 0.1) is 0 Å². The fourth-order valence-corrected chi connectivity index (χ4v) is 2.66. The van der Waals surface area contributed by atoms with Gasteiger partial charge in [0.05, 0.1) is 13.2 Å². The number of alkyl halides is 2. The third-order valence-corrected chi connectivity index (χ3v) is 3.93. The summed E-state index contributed by atoms with van der Waals surface area (Å²) in [5.41, 5.74) is 1.86. The number of hydrogen-bond acceptors (Lipinski definition) is 4. The number of nitrogens with zero attached hydrogens (tertiary/aromatic N) is 1. The van der Waals surface area contributed by atoms with Crippen LogP contribution in [-0.2, 0) is 13.1 Å². The first-order valence-electron chi connectivity index (χ1n) is 9.43.